The molecule has 0 aromatic heterocycles. The Bertz CT molecular complexity index is 572. The van der Waals surface area contributed by atoms with Crippen LogP contribution < -0.4 is 0 Å². The standard InChI is InChI=1S/C13H8BrNO/c14-12-3-1-2-9(7-12)10-4-5-13(16)11(6-10)8-15/h1-7,16H. The van der Waals surface area contributed by atoms with Gasteiger partial charge >= 0.3 is 0 Å². The van der Waals surface area contributed by atoms with Crippen LogP contribution in [0.15, 0.2) is 46.9 Å². The lowest BCUT2D eigenvalue weighted by molar-refractivity contribution is 0.473. The molecule has 0 heterocycles. The second-order valence-electron chi connectivity index (χ2n) is 3.35. The van der Waals surface area contributed by atoms with E-state index in [0.29, 0.717) is 0 Å². The highest BCUT2D eigenvalue weighted by Gasteiger charge is 2.03. The van der Waals surface area contributed by atoms with Gasteiger partial charge in [-0.2, -0.15) is 5.26 Å². The predicted octanol–water partition coefficient (Wildman–Crippen LogP) is 3.69. The molecule has 0 saturated carbocycles. The molecule has 3 heteroatoms. The minimum atomic E-state index is 0.0150. The van der Waals surface area contributed by atoms with Crippen molar-refractivity contribution in [2.45, 2.75) is 0 Å². The van der Waals surface area contributed by atoms with Gasteiger partial charge in [-0.3, -0.25) is 0 Å². The zero-order valence-corrected chi connectivity index (χ0v) is 9.90. The van der Waals surface area contributed by atoms with Crippen molar-refractivity contribution in [2.75, 3.05) is 0 Å². The number of nitrogens with zero attached hydrogens (tertiary/aromatic N) is 1. The SMILES string of the molecule is N#Cc1cc(-c2cccc(Br)c2)ccc1O. The third-order valence-corrected chi connectivity index (χ3v) is 2.77. The maximum atomic E-state index is 9.40. The molecule has 16 heavy (non-hydrogen) atoms. The van der Waals surface area contributed by atoms with E-state index in [1.54, 1.807) is 12.1 Å². The lowest BCUT2D eigenvalue weighted by atomic mass is 10.0. The quantitative estimate of drug-likeness (QED) is 0.861. The smallest absolute Gasteiger partial charge is 0.133 e. The molecule has 0 saturated heterocycles. The molecular formula is C13H8BrNO. The van der Waals surface area contributed by atoms with Crippen LogP contribution in [0.3, 0.4) is 0 Å². The summed E-state index contributed by atoms with van der Waals surface area (Å²) in [7, 11) is 0. The van der Waals surface area contributed by atoms with Gasteiger partial charge in [0.05, 0.1) is 5.56 Å². The second kappa shape index (κ2) is 4.38. The van der Waals surface area contributed by atoms with Crippen molar-refractivity contribution in [2.24, 2.45) is 0 Å². The minimum Gasteiger partial charge on any atom is -0.507 e. The third kappa shape index (κ3) is 2.07. The molecule has 0 aliphatic heterocycles. The molecule has 0 fully saturated rings. The normalized spacial score (nSPS) is 9.75. The fourth-order valence-corrected chi connectivity index (χ4v) is 1.87. The maximum Gasteiger partial charge on any atom is 0.133 e. The van der Waals surface area contributed by atoms with Gasteiger partial charge in [0.25, 0.3) is 0 Å². The number of hydrogen-bond donors (Lipinski definition) is 1. The van der Waals surface area contributed by atoms with Crippen molar-refractivity contribution in [3.05, 3.63) is 52.5 Å². The summed E-state index contributed by atoms with van der Waals surface area (Å²) in [5, 5.41) is 18.2. The summed E-state index contributed by atoms with van der Waals surface area (Å²) >= 11 is 3.40. The van der Waals surface area contributed by atoms with Gasteiger partial charge in [0.15, 0.2) is 0 Å². The molecule has 0 unspecified atom stereocenters. The minimum absolute atomic E-state index is 0.0150. The number of benzene rings is 2. The van der Waals surface area contributed by atoms with E-state index in [9.17, 15) is 5.11 Å². The highest BCUT2D eigenvalue weighted by molar-refractivity contribution is 9.10. The molecule has 0 amide bonds. The molecule has 2 aromatic rings. The Balaban J connectivity index is 2.54. The van der Waals surface area contributed by atoms with Gasteiger partial charge in [-0.05, 0) is 35.4 Å². The Morgan fingerprint density at radius 3 is 2.50 bits per heavy atom. The first-order valence-corrected chi connectivity index (χ1v) is 5.49. The van der Waals surface area contributed by atoms with Crippen LogP contribution in [0.1, 0.15) is 5.56 Å². The largest absolute Gasteiger partial charge is 0.507 e. The highest BCUT2D eigenvalue weighted by Crippen LogP contribution is 2.27. The Kier molecular flexibility index (Phi) is 2.93. The van der Waals surface area contributed by atoms with Crippen LogP contribution in [0, 0.1) is 11.3 Å². The number of hydrogen-bond acceptors (Lipinski definition) is 2. The summed E-state index contributed by atoms with van der Waals surface area (Å²) in [5.74, 6) is 0.0150. The van der Waals surface area contributed by atoms with E-state index >= 15 is 0 Å². The van der Waals surface area contributed by atoms with Crippen LogP contribution in [-0.2, 0) is 0 Å². The second-order valence-corrected chi connectivity index (χ2v) is 4.27. The summed E-state index contributed by atoms with van der Waals surface area (Å²) in [4.78, 5) is 0. The molecule has 2 rings (SSSR count). The van der Waals surface area contributed by atoms with Gasteiger partial charge in [-0.15, -0.1) is 0 Å². The molecule has 1 N–H and O–H groups in total. The van der Waals surface area contributed by atoms with Crippen molar-refractivity contribution in [3.8, 4) is 22.9 Å². The lowest BCUT2D eigenvalue weighted by Crippen LogP contribution is -1.81. The van der Waals surface area contributed by atoms with Crippen molar-refractivity contribution < 1.29 is 5.11 Å². The topological polar surface area (TPSA) is 44.0 Å². The van der Waals surface area contributed by atoms with Crippen LogP contribution in [0.5, 0.6) is 5.75 Å². The van der Waals surface area contributed by atoms with E-state index in [1.165, 1.54) is 6.07 Å². The van der Waals surface area contributed by atoms with Gasteiger partial charge in [0.2, 0.25) is 0 Å². The van der Waals surface area contributed by atoms with E-state index in [2.05, 4.69) is 15.9 Å². The van der Waals surface area contributed by atoms with E-state index in [0.717, 1.165) is 15.6 Å². The summed E-state index contributed by atoms with van der Waals surface area (Å²) in [6.07, 6.45) is 0. The van der Waals surface area contributed by atoms with Gasteiger partial charge < -0.3 is 5.11 Å². The molecule has 0 aliphatic rings. The van der Waals surface area contributed by atoms with Gasteiger partial charge in [-0.25, -0.2) is 0 Å². The van der Waals surface area contributed by atoms with Crippen molar-refractivity contribution >= 4 is 15.9 Å². The van der Waals surface area contributed by atoms with Crippen molar-refractivity contribution in [1.29, 1.82) is 5.26 Å². The van der Waals surface area contributed by atoms with Gasteiger partial charge in [0, 0.05) is 4.47 Å². The molecule has 2 aromatic carbocycles. The molecule has 78 valence electrons. The summed E-state index contributed by atoms with van der Waals surface area (Å²) in [5.41, 5.74) is 2.21. The van der Waals surface area contributed by atoms with Crippen molar-refractivity contribution in [1.82, 2.24) is 0 Å². The Morgan fingerprint density at radius 2 is 1.81 bits per heavy atom. The molecule has 0 radical (unpaired) electrons. The number of phenols is 1. The number of aromatic hydroxyl groups is 1. The number of nitriles is 1. The number of phenolic OH excluding ortho intramolecular Hbond substituents is 1. The van der Waals surface area contributed by atoms with Crippen LogP contribution in [0.25, 0.3) is 11.1 Å². The first-order valence-electron chi connectivity index (χ1n) is 4.70. The van der Waals surface area contributed by atoms with Crippen LogP contribution in [-0.4, -0.2) is 5.11 Å². The Morgan fingerprint density at radius 1 is 1.06 bits per heavy atom. The first kappa shape index (κ1) is 10.7. The fourth-order valence-electron chi connectivity index (χ4n) is 1.47. The summed E-state index contributed by atoms with van der Waals surface area (Å²) in [6, 6.07) is 14.8. The van der Waals surface area contributed by atoms with Gasteiger partial charge in [0.1, 0.15) is 11.8 Å². The average Bonchev–Trinajstić information content (AvgIpc) is 2.29. The molecule has 0 spiro atoms. The molecular weight excluding hydrogens is 266 g/mol. The lowest BCUT2D eigenvalue weighted by Gasteiger charge is -2.03. The van der Waals surface area contributed by atoms with Gasteiger partial charge in [-0.1, -0.05) is 34.1 Å². The fraction of sp³-hybridized carbons (Fsp3) is 0. The van der Waals surface area contributed by atoms with E-state index < -0.39 is 0 Å². The zero-order chi connectivity index (χ0) is 11.5. The molecule has 0 bridgehead atoms. The van der Waals surface area contributed by atoms with E-state index in [1.807, 2.05) is 30.3 Å². The van der Waals surface area contributed by atoms with Crippen LogP contribution >= 0.6 is 15.9 Å². The number of rotatable bonds is 1. The van der Waals surface area contributed by atoms with Crippen LogP contribution in [0.2, 0.25) is 0 Å². The summed E-state index contributed by atoms with van der Waals surface area (Å²) < 4.78 is 0.983. The van der Waals surface area contributed by atoms with E-state index in [-0.39, 0.29) is 11.3 Å². The predicted molar refractivity (Wildman–Crippen MR) is 66.0 cm³/mol. The zero-order valence-electron chi connectivity index (χ0n) is 8.31. The molecule has 2 nitrogen and oxygen atoms in total. The summed E-state index contributed by atoms with van der Waals surface area (Å²) in [6.45, 7) is 0. The molecule has 0 atom stereocenters. The van der Waals surface area contributed by atoms with Crippen molar-refractivity contribution in [3.63, 3.8) is 0 Å². The Labute approximate surface area is 102 Å². The highest BCUT2D eigenvalue weighted by atomic mass is 79.9. The first-order chi connectivity index (χ1) is 7.70. The molecule has 0 aliphatic carbocycles. The van der Waals surface area contributed by atoms with Crippen LogP contribution in [0.4, 0.5) is 0 Å². The average molecular weight is 274 g/mol. The Hall–Kier alpha value is -1.79. The number of halogens is 1. The van der Waals surface area contributed by atoms with E-state index in [4.69, 9.17) is 5.26 Å². The monoisotopic (exact) mass is 273 g/mol. The maximum absolute atomic E-state index is 9.40. The third-order valence-electron chi connectivity index (χ3n) is 2.27.